The number of hydrogen-bond donors (Lipinski definition) is 1. The van der Waals surface area contributed by atoms with Crippen LogP contribution < -0.4 is 5.32 Å². The molecule has 3 heterocycles. The summed E-state index contributed by atoms with van der Waals surface area (Å²) < 4.78 is 45.5. The van der Waals surface area contributed by atoms with E-state index in [2.05, 4.69) is 32.4 Å². The van der Waals surface area contributed by atoms with E-state index in [-0.39, 0.29) is 30.2 Å². The molecule has 2 atom stereocenters. The zero-order valence-corrected chi connectivity index (χ0v) is 20.4. The lowest BCUT2D eigenvalue weighted by atomic mass is 10.0. The van der Waals surface area contributed by atoms with Crippen LogP contribution >= 0.6 is 0 Å². The van der Waals surface area contributed by atoms with Gasteiger partial charge in [-0.15, -0.1) is 5.10 Å². The van der Waals surface area contributed by atoms with Crippen molar-refractivity contribution in [2.45, 2.75) is 57.0 Å². The predicted octanol–water partition coefficient (Wildman–Crippen LogP) is 2.50. The molecule has 0 unspecified atom stereocenters. The van der Waals surface area contributed by atoms with Crippen LogP contribution in [0.1, 0.15) is 53.8 Å². The second-order valence-electron chi connectivity index (χ2n) is 9.26. The zero-order valence-electron chi connectivity index (χ0n) is 20.4. The Hall–Kier alpha value is -2.99. The SMILES string of the molecule is CCN1CCC(N2C[C@@H](n3cc(C(=O)OC)nn3)C[C@H]2C(=O)NCc2cccc(C(F)(F)F)c2)CC1. The van der Waals surface area contributed by atoms with Crippen LogP contribution in [-0.2, 0) is 22.3 Å². The van der Waals surface area contributed by atoms with Crippen LogP contribution in [0.25, 0.3) is 0 Å². The number of ether oxygens (including phenoxy) is 1. The normalized spacial score (nSPS) is 22.0. The van der Waals surface area contributed by atoms with E-state index in [1.165, 1.54) is 19.4 Å². The van der Waals surface area contributed by atoms with Crippen LogP contribution in [0.15, 0.2) is 30.5 Å². The first-order chi connectivity index (χ1) is 17.2. The molecule has 12 heteroatoms. The minimum Gasteiger partial charge on any atom is -0.464 e. The van der Waals surface area contributed by atoms with Gasteiger partial charge >= 0.3 is 12.1 Å². The summed E-state index contributed by atoms with van der Waals surface area (Å²) >= 11 is 0. The number of aromatic nitrogens is 3. The number of alkyl halides is 3. The number of carbonyl (C=O) groups is 2. The van der Waals surface area contributed by atoms with Crippen molar-refractivity contribution >= 4 is 11.9 Å². The Morgan fingerprint density at radius 1 is 1.19 bits per heavy atom. The number of nitrogens with zero attached hydrogens (tertiary/aromatic N) is 5. The van der Waals surface area contributed by atoms with E-state index in [1.54, 1.807) is 10.7 Å². The van der Waals surface area contributed by atoms with E-state index in [0.717, 1.165) is 44.6 Å². The van der Waals surface area contributed by atoms with Gasteiger partial charge in [-0.2, -0.15) is 13.2 Å². The maximum atomic E-state index is 13.3. The first kappa shape index (κ1) is 26.1. The van der Waals surface area contributed by atoms with Gasteiger partial charge in [0.25, 0.3) is 0 Å². The van der Waals surface area contributed by atoms with E-state index in [0.29, 0.717) is 18.5 Å². The lowest BCUT2D eigenvalue weighted by Gasteiger charge is -2.38. The van der Waals surface area contributed by atoms with Gasteiger partial charge in [-0.3, -0.25) is 9.69 Å². The van der Waals surface area contributed by atoms with Crippen molar-refractivity contribution < 1.29 is 27.5 Å². The number of halogens is 3. The highest BCUT2D eigenvalue weighted by Gasteiger charge is 2.42. The van der Waals surface area contributed by atoms with Crippen LogP contribution in [0.3, 0.4) is 0 Å². The molecular weight excluding hydrogens is 477 g/mol. The summed E-state index contributed by atoms with van der Waals surface area (Å²) in [5.41, 5.74) is -0.264. The van der Waals surface area contributed by atoms with E-state index in [1.807, 2.05) is 0 Å². The topological polar surface area (TPSA) is 92.6 Å². The van der Waals surface area contributed by atoms with Crippen LogP contribution in [0.5, 0.6) is 0 Å². The minimum atomic E-state index is -4.44. The summed E-state index contributed by atoms with van der Waals surface area (Å²) in [7, 11) is 1.27. The largest absolute Gasteiger partial charge is 0.464 e. The van der Waals surface area contributed by atoms with E-state index >= 15 is 0 Å². The number of esters is 1. The fraction of sp³-hybridized carbons (Fsp3) is 0.583. The molecule has 0 spiro atoms. The van der Waals surface area contributed by atoms with Gasteiger partial charge in [-0.25, -0.2) is 9.48 Å². The Morgan fingerprint density at radius 2 is 1.94 bits per heavy atom. The van der Waals surface area contributed by atoms with Crippen molar-refractivity contribution in [3.8, 4) is 0 Å². The van der Waals surface area contributed by atoms with Gasteiger partial charge in [0.05, 0.1) is 31.0 Å². The summed E-state index contributed by atoms with van der Waals surface area (Å²) in [5.74, 6) is -0.820. The first-order valence-corrected chi connectivity index (χ1v) is 12.1. The number of likely N-dealkylation sites (tertiary alicyclic amines) is 2. The van der Waals surface area contributed by atoms with E-state index < -0.39 is 23.8 Å². The molecule has 0 aliphatic carbocycles. The Bertz CT molecular complexity index is 1070. The Balaban J connectivity index is 1.48. The van der Waals surface area contributed by atoms with Crippen LogP contribution in [0.2, 0.25) is 0 Å². The number of carbonyl (C=O) groups excluding carboxylic acids is 2. The number of nitrogens with one attached hydrogen (secondary N) is 1. The fourth-order valence-corrected chi connectivity index (χ4v) is 5.08. The van der Waals surface area contributed by atoms with Crippen molar-refractivity contribution in [1.82, 2.24) is 30.1 Å². The molecule has 2 aromatic rings. The molecule has 9 nitrogen and oxygen atoms in total. The van der Waals surface area contributed by atoms with Crippen LogP contribution in [-0.4, -0.2) is 82.0 Å². The van der Waals surface area contributed by atoms with Gasteiger partial charge in [0.2, 0.25) is 5.91 Å². The minimum absolute atomic E-state index is 0.00184. The third-order valence-electron chi connectivity index (χ3n) is 7.09. The molecule has 0 radical (unpaired) electrons. The molecule has 1 amide bonds. The molecule has 1 aromatic carbocycles. The molecule has 0 bridgehead atoms. The van der Waals surface area contributed by atoms with Crippen molar-refractivity contribution in [2.24, 2.45) is 0 Å². The van der Waals surface area contributed by atoms with E-state index in [9.17, 15) is 22.8 Å². The molecule has 36 heavy (non-hydrogen) atoms. The standard InChI is InChI=1S/C24H31F3N6O3/c1-3-31-9-7-18(8-10-31)32-14-19(33-15-20(29-30-33)23(35)36-2)12-21(32)22(34)28-13-16-5-4-6-17(11-16)24(25,26)27/h4-6,11,15,18-19,21H,3,7-10,12-14H2,1-2H3,(H,28,34)/t19-,21-/m0/s1. The number of amides is 1. The molecule has 2 aliphatic heterocycles. The lowest BCUT2D eigenvalue weighted by molar-refractivity contribution is -0.137. The number of benzene rings is 1. The average molecular weight is 509 g/mol. The molecule has 2 aliphatic rings. The van der Waals surface area contributed by atoms with Crippen LogP contribution in [0, 0.1) is 0 Å². The summed E-state index contributed by atoms with van der Waals surface area (Å²) in [6.45, 7) is 5.54. The third-order valence-corrected chi connectivity index (χ3v) is 7.09. The number of rotatable bonds is 7. The molecule has 2 fully saturated rings. The Morgan fingerprint density at radius 3 is 2.61 bits per heavy atom. The molecule has 2 saturated heterocycles. The second-order valence-corrected chi connectivity index (χ2v) is 9.26. The maximum Gasteiger partial charge on any atom is 0.416 e. The number of hydrogen-bond acceptors (Lipinski definition) is 7. The monoisotopic (exact) mass is 508 g/mol. The quantitative estimate of drug-likeness (QED) is 0.575. The lowest BCUT2D eigenvalue weighted by Crippen LogP contribution is -2.51. The summed E-state index contributed by atoms with van der Waals surface area (Å²) in [5, 5.41) is 10.8. The third kappa shape index (κ3) is 5.86. The fourth-order valence-electron chi connectivity index (χ4n) is 5.08. The zero-order chi connectivity index (χ0) is 25.9. The van der Waals surface area contributed by atoms with Gasteiger partial charge in [-0.05, 0) is 56.6 Å². The summed E-state index contributed by atoms with van der Waals surface area (Å²) in [4.78, 5) is 29.7. The highest BCUT2D eigenvalue weighted by molar-refractivity contribution is 5.86. The highest BCUT2D eigenvalue weighted by atomic mass is 19.4. The number of methoxy groups -OCH3 is 1. The summed E-state index contributed by atoms with van der Waals surface area (Å²) in [6.07, 6.45) is -0.626. The van der Waals surface area contributed by atoms with Gasteiger partial charge < -0.3 is 15.0 Å². The van der Waals surface area contributed by atoms with Gasteiger partial charge in [0.1, 0.15) is 0 Å². The molecule has 196 valence electrons. The molecular formula is C24H31F3N6O3. The van der Waals surface area contributed by atoms with Crippen molar-refractivity contribution in [3.05, 3.63) is 47.3 Å². The smallest absolute Gasteiger partial charge is 0.416 e. The van der Waals surface area contributed by atoms with Crippen molar-refractivity contribution in [1.29, 1.82) is 0 Å². The van der Waals surface area contributed by atoms with Crippen molar-refractivity contribution in [2.75, 3.05) is 33.3 Å². The van der Waals surface area contributed by atoms with Crippen molar-refractivity contribution in [3.63, 3.8) is 0 Å². The van der Waals surface area contributed by atoms with Gasteiger partial charge in [-0.1, -0.05) is 24.3 Å². The number of piperidine rings is 1. The summed E-state index contributed by atoms with van der Waals surface area (Å²) in [6, 6.07) is 4.53. The Labute approximate surface area is 207 Å². The Kier molecular flexibility index (Phi) is 7.94. The first-order valence-electron chi connectivity index (χ1n) is 12.1. The molecule has 4 rings (SSSR count). The average Bonchev–Trinajstić information content (AvgIpc) is 3.54. The maximum absolute atomic E-state index is 13.3. The van der Waals surface area contributed by atoms with E-state index in [4.69, 9.17) is 4.74 Å². The van der Waals surface area contributed by atoms with Crippen LogP contribution in [0.4, 0.5) is 13.2 Å². The highest BCUT2D eigenvalue weighted by Crippen LogP contribution is 2.33. The molecule has 1 N–H and O–H groups in total. The predicted molar refractivity (Wildman–Crippen MR) is 124 cm³/mol. The van der Waals surface area contributed by atoms with Gasteiger partial charge in [0.15, 0.2) is 5.69 Å². The van der Waals surface area contributed by atoms with Gasteiger partial charge in [0, 0.05) is 19.1 Å². The molecule has 1 aromatic heterocycles. The molecule has 0 saturated carbocycles. The second kappa shape index (κ2) is 11.0.